The van der Waals surface area contributed by atoms with Crippen molar-refractivity contribution < 1.29 is 4.74 Å². The molecule has 0 aliphatic carbocycles. The zero-order valence-corrected chi connectivity index (χ0v) is 8.54. The van der Waals surface area contributed by atoms with Crippen LogP contribution in [0.3, 0.4) is 0 Å². The van der Waals surface area contributed by atoms with Gasteiger partial charge in [0.15, 0.2) is 0 Å². The van der Waals surface area contributed by atoms with Crippen LogP contribution in [0.5, 0.6) is 5.88 Å². The topological polar surface area (TPSA) is 84.8 Å². The van der Waals surface area contributed by atoms with Crippen LogP contribution in [-0.2, 0) is 0 Å². The number of hydrogen-bond donors (Lipinski definition) is 1. The molecule has 1 heterocycles. The fraction of sp³-hybridized carbons (Fsp3) is 0.375. The highest BCUT2D eigenvalue weighted by Gasteiger charge is 2.07. The Bertz CT molecular complexity index is 350. The maximum absolute atomic E-state index is 8.36. The minimum atomic E-state index is 0.374. The van der Waals surface area contributed by atoms with E-state index in [9.17, 15) is 0 Å². The second kappa shape index (κ2) is 5.29. The summed E-state index contributed by atoms with van der Waals surface area (Å²) in [6.07, 6.45) is 1.86. The van der Waals surface area contributed by atoms with Gasteiger partial charge < -0.3 is 10.5 Å². The van der Waals surface area contributed by atoms with Crippen molar-refractivity contribution >= 4 is 17.4 Å². The van der Waals surface area contributed by atoms with Crippen molar-refractivity contribution in [2.75, 3.05) is 18.6 Å². The number of aromatic nitrogens is 2. The molecule has 74 valence electrons. The average Bonchev–Trinajstić information content (AvgIpc) is 2.21. The zero-order valence-electron chi connectivity index (χ0n) is 7.73. The van der Waals surface area contributed by atoms with Gasteiger partial charge in [-0.05, 0) is 0 Å². The number of thioether (sulfide) groups is 1. The molecule has 0 aromatic carbocycles. The molecule has 0 fully saturated rings. The molecule has 6 heteroatoms. The monoisotopic (exact) mass is 210 g/mol. The van der Waals surface area contributed by atoms with Crippen molar-refractivity contribution in [1.29, 1.82) is 5.26 Å². The minimum absolute atomic E-state index is 0.374. The molecular formula is C8H10N4OS. The van der Waals surface area contributed by atoms with E-state index in [1.54, 1.807) is 0 Å². The predicted octanol–water partition coefficient (Wildman–Crippen LogP) is 1.07. The van der Waals surface area contributed by atoms with Crippen molar-refractivity contribution in [1.82, 2.24) is 9.97 Å². The summed E-state index contributed by atoms with van der Waals surface area (Å²) in [5.41, 5.74) is 6.15. The molecule has 0 saturated heterocycles. The number of hydrogen-bond acceptors (Lipinski definition) is 6. The summed E-state index contributed by atoms with van der Waals surface area (Å²) >= 11 is 1.42. The number of nitrogens with two attached hydrogens (primary N) is 1. The van der Waals surface area contributed by atoms with Gasteiger partial charge in [-0.3, -0.25) is 0 Å². The summed E-state index contributed by atoms with van der Waals surface area (Å²) in [4.78, 5) is 7.85. The van der Waals surface area contributed by atoms with Gasteiger partial charge in [0.25, 0.3) is 0 Å². The normalized spacial score (nSPS) is 9.43. The second-order valence-electron chi connectivity index (χ2n) is 2.36. The Morgan fingerprint density at radius 2 is 2.43 bits per heavy atom. The Balaban J connectivity index is 2.72. The van der Waals surface area contributed by atoms with Gasteiger partial charge in [-0.25, -0.2) is 4.98 Å². The summed E-state index contributed by atoms with van der Waals surface area (Å²) in [6.45, 7) is 0. The smallest absolute Gasteiger partial charge is 0.241 e. The third-order valence-electron chi connectivity index (χ3n) is 1.46. The Labute approximate surface area is 86.3 Å². The van der Waals surface area contributed by atoms with E-state index in [-0.39, 0.29) is 0 Å². The lowest BCUT2D eigenvalue weighted by Crippen LogP contribution is -1.99. The number of rotatable bonds is 4. The Morgan fingerprint density at radius 1 is 1.64 bits per heavy atom. The molecule has 1 aromatic heterocycles. The molecule has 0 atom stereocenters. The zero-order chi connectivity index (χ0) is 10.4. The lowest BCUT2D eigenvalue weighted by atomic mass is 10.5. The highest BCUT2D eigenvalue weighted by atomic mass is 32.2. The summed E-state index contributed by atoms with van der Waals surface area (Å²) in [5, 5.41) is 9.02. The molecule has 0 bridgehead atoms. The molecule has 5 nitrogen and oxygen atoms in total. The number of nitriles is 1. The predicted molar refractivity (Wildman–Crippen MR) is 54.0 cm³/mol. The van der Waals surface area contributed by atoms with Crippen LogP contribution >= 0.6 is 11.8 Å². The number of ether oxygens (including phenoxy) is 1. The quantitative estimate of drug-likeness (QED) is 0.454. The molecule has 0 radical (unpaired) electrons. The van der Waals surface area contributed by atoms with Crippen LogP contribution in [0, 0.1) is 11.3 Å². The summed E-state index contributed by atoms with van der Waals surface area (Å²) < 4.78 is 4.94. The lowest BCUT2D eigenvalue weighted by Gasteiger charge is -2.05. The third kappa shape index (κ3) is 2.50. The molecule has 0 amide bonds. The van der Waals surface area contributed by atoms with E-state index >= 15 is 0 Å². The summed E-state index contributed by atoms with van der Waals surface area (Å²) in [6, 6.07) is 2.05. The largest absolute Gasteiger partial charge is 0.479 e. The molecule has 14 heavy (non-hydrogen) atoms. The van der Waals surface area contributed by atoms with Gasteiger partial charge in [0, 0.05) is 12.2 Å². The van der Waals surface area contributed by atoms with Crippen LogP contribution in [0.25, 0.3) is 0 Å². The Kier molecular flexibility index (Phi) is 4.01. The first-order valence-electron chi connectivity index (χ1n) is 3.93. The number of nitrogen functional groups attached to an aromatic ring is 1. The second-order valence-corrected chi connectivity index (χ2v) is 3.44. The van der Waals surface area contributed by atoms with Crippen LogP contribution in [0.2, 0.25) is 0 Å². The fourth-order valence-corrected chi connectivity index (χ4v) is 1.59. The van der Waals surface area contributed by atoms with E-state index < -0.39 is 0 Å². The fourth-order valence-electron chi connectivity index (χ4n) is 0.835. The Hall–Kier alpha value is -1.48. The maximum Gasteiger partial charge on any atom is 0.241 e. The highest BCUT2D eigenvalue weighted by Crippen LogP contribution is 2.28. The van der Waals surface area contributed by atoms with E-state index in [0.29, 0.717) is 28.8 Å². The van der Waals surface area contributed by atoms with Crippen molar-refractivity contribution in [2.24, 2.45) is 0 Å². The Morgan fingerprint density at radius 3 is 3.07 bits per heavy atom. The van der Waals surface area contributed by atoms with E-state index in [4.69, 9.17) is 15.7 Å². The third-order valence-corrected chi connectivity index (χ3v) is 2.46. The van der Waals surface area contributed by atoms with Crippen LogP contribution in [0.4, 0.5) is 5.69 Å². The first kappa shape index (κ1) is 10.6. The van der Waals surface area contributed by atoms with Crippen LogP contribution in [0.1, 0.15) is 6.42 Å². The van der Waals surface area contributed by atoms with Gasteiger partial charge in [0.2, 0.25) is 5.88 Å². The lowest BCUT2D eigenvalue weighted by molar-refractivity contribution is 0.397. The average molecular weight is 210 g/mol. The molecule has 0 saturated carbocycles. The molecule has 0 aliphatic heterocycles. The van der Waals surface area contributed by atoms with Gasteiger partial charge >= 0.3 is 0 Å². The molecule has 0 aliphatic rings. The number of methoxy groups -OCH3 is 1. The first-order chi connectivity index (χ1) is 6.79. The van der Waals surface area contributed by atoms with Crippen LogP contribution in [-0.4, -0.2) is 22.8 Å². The number of nitrogens with zero attached hydrogens (tertiary/aromatic N) is 3. The first-order valence-corrected chi connectivity index (χ1v) is 4.92. The molecule has 0 unspecified atom stereocenters. The summed E-state index contributed by atoms with van der Waals surface area (Å²) in [7, 11) is 1.50. The van der Waals surface area contributed by atoms with E-state index in [2.05, 4.69) is 9.97 Å². The molecular weight excluding hydrogens is 200 g/mol. The van der Waals surface area contributed by atoms with E-state index in [0.717, 1.165) is 0 Å². The van der Waals surface area contributed by atoms with Crippen molar-refractivity contribution in [2.45, 2.75) is 11.4 Å². The van der Waals surface area contributed by atoms with Gasteiger partial charge in [-0.1, -0.05) is 0 Å². The molecule has 1 rings (SSSR count). The number of anilines is 1. The van der Waals surface area contributed by atoms with E-state index in [1.165, 1.54) is 25.2 Å². The van der Waals surface area contributed by atoms with Gasteiger partial charge in [-0.15, -0.1) is 11.8 Å². The van der Waals surface area contributed by atoms with Crippen molar-refractivity contribution in [3.63, 3.8) is 0 Å². The SMILES string of the molecule is COc1ncnc(SCCC#N)c1N. The van der Waals surface area contributed by atoms with Gasteiger partial charge in [0.05, 0.1) is 13.2 Å². The van der Waals surface area contributed by atoms with Crippen molar-refractivity contribution in [3.8, 4) is 11.9 Å². The van der Waals surface area contributed by atoms with Crippen molar-refractivity contribution in [3.05, 3.63) is 6.33 Å². The maximum atomic E-state index is 8.36. The van der Waals surface area contributed by atoms with Crippen LogP contribution < -0.4 is 10.5 Å². The summed E-state index contributed by atoms with van der Waals surface area (Å²) in [5.74, 6) is 1.04. The molecule has 1 aromatic rings. The van der Waals surface area contributed by atoms with E-state index in [1.807, 2.05) is 6.07 Å². The molecule has 0 spiro atoms. The van der Waals surface area contributed by atoms with Gasteiger partial charge in [0.1, 0.15) is 17.0 Å². The van der Waals surface area contributed by atoms with Gasteiger partial charge in [-0.2, -0.15) is 10.2 Å². The highest BCUT2D eigenvalue weighted by molar-refractivity contribution is 7.99. The minimum Gasteiger partial charge on any atom is -0.479 e. The molecule has 2 N–H and O–H groups in total. The standard InChI is InChI=1S/C8H10N4OS/c1-13-7-6(10)8(12-5-11-7)14-4-2-3-9/h5H,2,4,10H2,1H3. The van der Waals surface area contributed by atoms with Crippen LogP contribution in [0.15, 0.2) is 11.4 Å².